The molecular formula is C35H44O2. The summed E-state index contributed by atoms with van der Waals surface area (Å²) in [5, 5.41) is 8.82. The number of aryl methyl sites for hydroxylation is 1. The molecule has 1 saturated carbocycles. The quantitative estimate of drug-likeness (QED) is 0.239. The summed E-state index contributed by atoms with van der Waals surface area (Å²) in [6.07, 6.45) is 15.3. The maximum atomic E-state index is 10.7. The Kier molecular flexibility index (Phi) is 10.4. The second kappa shape index (κ2) is 14.2. The third-order valence-electron chi connectivity index (χ3n) is 8.30. The number of carboxylic acids is 1. The summed E-state index contributed by atoms with van der Waals surface area (Å²) in [5.74, 6) is 0.968. The fourth-order valence-corrected chi connectivity index (χ4v) is 6.02. The molecule has 196 valence electrons. The first-order chi connectivity index (χ1) is 18.1. The molecule has 37 heavy (non-hydrogen) atoms. The van der Waals surface area contributed by atoms with E-state index in [-0.39, 0.29) is 6.42 Å². The lowest BCUT2D eigenvalue weighted by molar-refractivity contribution is -0.137. The third kappa shape index (κ3) is 8.06. The second-order valence-electron chi connectivity index (χ2n) is 11.0. The summed E-state index contributed by atoms with van der Waals surface area (Å²) in [7, 11) is 0. The molecule has 0 aromatic heterocycles. The van der Waals surface area contributed by atoms with Gasteiger partial charge in [0.25, 0.3) is 0 Å². The number of hydrogen-bond donors (Lipinski definition) is 1. The molecule has 1 N–H and O–H groups in total. The molecule has 0 radical (unpaired) electrons. The van der Waals surface area contributed by atoms with Crippen molar-refractivity contribution in [1.82, 2.24) is 0 Å². The summed E-state index contributed by atoms with van der Waals surface area (Å²) in [4.78, 5) is 10.7. The van der Waals surface area contributed by atoms with Crippen molar-refractivity contribution in [3.8, 4) is 22.3 Å². The van der Waals surface area contributed by atoms with Crippen LogP contribution in [0.1, 0.15) is 101 Å². The van der Waals surface area contributed by atoms with E-state index in [1.165, 1.54) is 91.2 Å². The van der Waals surface area contributed by atoms with E-state index in [4.69, 9.17) is 5.11 Å². The average molecular weight is 497 g/mol. The van der Waals surface area contributed by atoms with Crippen molar-refractivity contribution in [2.45, 2.75) is 96.3 Å². The van der Waals surface area contributed by atoms with Crippen molar-refractivity contribution in [2.24, 2.45) is 5.92 Å². The van der Waals surface area contributed by atoms with E-state index in [1.54, 1.807) is 0 Å². The molecule has 0 heterocycles. The van der Waals surface area contributed by atoms with Crippen LogP contribution in [0.4, 0.5) is 0 Å². The number of carbonyl (C=O) groups is 1. The SMILES string of the molecule is CCCCCC[C@H]1CC[C@H](c2ccc(-c3ccccc3-c3ccc(CCCCC(=O)O)cc3)cc2)CC1. The van der Waals surface area contributed by atoms with Crippen LogP contribution < -0.4 is 0 Å². The van der Waals surface area contributed by atoms with Gasteiger partial charge in [-0.3, -0.25) is 4.79 Å². The number of rotatable bonds is 13. The molecule has 0 amide bonds. The molecule has 1 fully saturated rings. The van der Waals surface area contributed by atoms with Crippen LogP contribution in [0.5, 0.6) is 0 Å². The standard InChI is InChI=1S/C35H44O2/c1-2-3-4-5-10-27-15-19-29(20-16-27)30-23-25-32(26-24-30)34-13-8-7-12-33(34)31-21-17-28(18-22-31)11-6-9-14-35(36)37/h7-8,12-13,17-18,21-27,29H,2-6,9-11,14-16,19-20H2,1H3,(H,36,37)/t27-,29-. The fraction of sp³-hybridized carbons (Fsp3) is 0.457. The lowest BCUT2D eigenvalue weighted by Crippen LogP contribution is -2.13. The molecule has 3 aromatic rings. The smallest absolute Gasteiger partial charge is 0.303 e. The van der Waals surface area contributed by atoms with Gasteiger partial charge in [-0.05, 0) is 90.2 Å². The van der Waals surface area contributed by atoms with Gasteiger partial charge < -0.3 is 5.11 Å². The van der Waals surface area contributed by atoms with Gasteiger partial charge in [0.05, 0.1) is 0 Å². The Bertz CT molecular complexity index is 1090. The van der Waals surface area contributed by atoms with Crippen LogP contribution in [0, 0.1) is 5.92 Å². The van der Waals surface area contributed by atoms with Crippen molar-refractivity contribution in [1.29, 1.82) is 0 Å². The first-order valence-electron chi connectivity index (χ1n) is 14.6. The average Bonchev–Trinajstić information content (AvgIpc) is 2.94. The zero-order valence-electron chi connectivity index (χ0n) is 22.6. The predicted molar refractivity (Wildman–Crippen MR) is 156 cm³/mol. The number of carboxylic acid groups (broad SMARTS) is 1. The van der Waals surface area contributed by atoms with E-state index >= 15 is 0 Å². The highest BCUT2D eigenvalue weighted by molar-refractivity contribution is 5.83. The highest BCUT2D eigenvalue weighted by Crippen LogP contribution is 2.39. The summed E-state index contributed by atoms with van der Waals surface area (Å²) in [6.45, 7) is 2.29. The maximum absolute atomic E-state index is 10.7. The van der Waals surface area contributed by atoms with Crippen molar-refractivity contribution < 1.29 is 9.90 Å². The van der Waals surface area contributed by atoms with Crippen LogP contribution in [-0.4, -0.2) is 11.1 Å². The van der Waals surface area contributed by atoms with E-state index in [9.17, 15) is 4.79 Å². The fourth-order valence-electron chi connectivity index (χ4n) is 6.02. The molecule has 0 atom stereocenters. The van der Waals surface area contributed by atoms with E-state index < -0.39 is 5.97 Å². The van der Waals surface area contributed by atoms with Crippen molar-refractivity contribution >= 4 is 5.97 Å². The summed E-state index contributed by atoms with van der Waals surface area (Å²) >= 11 is 0. The molecule has 0 bridgehead atoms. The summed E-state index contributed by atoms with van der Waals surface area (Å²) < 4.78 is 0. The Labute approximate surface area is 224 Å². The third-order valence-corrected chi connectivity index (χ3v) is 8.30. The van der Waals surface area contributed by atoms with Crippen LogP contribution in [0.3, 0.4) is 0 Å². The molecule has 0 saturated heterocycles. The minimum atomic E-state index is -0.708. The van der Waals surface area contributed by atoms with Gasteiger partial charge >= 0.3 is 5.97 Å². The Morgan fingerprint density at radius 3 is 1.95 bits per heavy atom. The maximum Gasteiger partial charge on any atom is 0.303 e. The van der Waals surface area contributed by atoms with Crippen molar-refractivity contribution in [2.75, 3.05) is 0 Å². The van der Waals surface area contributed by atoms with Gasteiger partial charge in [-0.15, -0.1) is 0 Å². The van der Waals surface area contributed by atoms with Crippen molar-refractivity contribution in [3.63, 3.8) is 0 Å². The first kappa shape index (κ1) is 27.2. The van der Waals surface area contributed by atoms with Gasteiger partial charge in [0.2, 0.25) is 0 Å². The van der Waals surface area contributed by atoms with Gasteiger partial charge in [0.1, 0.15) is 0 Å². The van der Waals surface area contributed by atoms with Crippen LogP contribution >= 0.6 is 0 Å². The second-order valence-corrected chi connectivity index (χ2v) is 11.0. The first-order valence-corrected chi connectivity index (χ1v) is 14.6. The van der Waals surface area contributed by atoms with Gasteiger partial charge in [0, 0.05) is 6.42 Å². The molecule has 0 aliphatic heterocycles. The topological polar surface area (TPSA) is 37.3 Å². The molecule has 3 aromatic carbocycles. The predicted octanol–water partition coefficient (Wildman–Crippen LogP) is 10.1. The minimum Gasteiger partial charge on any atom is -0.481 e. The molecule has 2 heteroatoms. The number of unbranched alkanes of at least 4 members (excludes halogenated alkanes) is 4. The molecular weight excluding hydrogens is 452 g/mol. The monoisotopic (exact) mass is 496 g/mol. The van der Waals surface area contributed by atoms with E-state index in [0.717, 1.165) is 31.1 Å². The highest BCUT2D eigenvalue weighted by Gasteiger charge is 2.22. The summed E-state index contributed by atoms with van der Waals surface area (Å²) in [6, 6.07) is 26.9. The highest BCUT2D eigenvalue weighted by atomic mass is 16.4. The van der Waals surface area contributed by atoms with Crippen LogP contribution in [0.2, 0.25) is 0 Å². The van der Waals surface area contributed by atoms with E-state index in [1.807, 2.05) is 0 Å². The minimum absolute atomic E-state index is 0.255. The van der Waals surface area contributed by atoms with E-state index in [2.05, 4.69) is 79.7 Å². The Morgan fingerprint density at radius 1 is 0.730 bits per heavy atom. The lowest BCUT2D eigenvalue weighted by atomic mass is 9.77. The molecule has 2 nitrogen and oxygen atoms in total. The van der Waals surface area contributed by atoms with Crippen LogP contribution in [0.15, 0.2) is 72.8 Å². The molecule has 4 rings (SSSR count). The zero-order valence-corrected chi connectivity index (χ0v) is 22.6. The van der Waals surface area contributed by atoms with Gasteiger partial charge in [-0.1, -0.05) is 112 Å². The van der Waals surface area contributed by atoms with Crippen LogP contribution in [0.25, 0.3) is 22.3 Å². The normalized spacial score (nSPS) is 17.5. The zero-order chi connectivity index (χ0) is 25.9. The largest absolute Gasteiger partial charge is 0.481 e. The number of benzene rings is 3. The van der Waals surface area contributed by atoms with Gasteiger partial charge in [0.15, 0.2) is 0 Å². The van der Waals surface area contributed by atoms with Gasteiger partial charge in [-0.25, -0.2) is 0 Å². The summed E-state index contributed by atoms with van der Waals surface area (Å²) in [5.41, 5.74) is 7.83. The van der Waals surface area contributed by atoms with E-state index in [0.29, 0.717) is 0 Å². The Hall–Kier alpha value is -2.87. The van der Waals surface area contributed by atoms with Crippen LogP contribution in [-0.2, 0) is 11.2 Å². The van der Waals surface area contributed by atoms with Crippen molar-refractivity contribution in [3.05, 3.63) is 83.9 Å². The number of hydrogen-bond acceptors (Lipinski definition) is 1. The molecule has 0 unspecified atom stereocenters. The molecule has 1 aliphatic rings. The molecule has 1 aliphatic carbocycles. The lowest BCUT2D eigenvalue weighted by Gasteiger charge is -2.29. The Balaban J connectivity index is 1.36. The number of aliphatic carboxylic acids is 1. The van der Waals surface area contributed by atoms with Gasteiger partial charge in [-0.2, -0.15) is 0 Å². The molecule has 0 spiro atoms. The Morgan fingerprint density at radius 2 is 1.35 bits per heavy atom.